The second-order valence-electron chi connectivity index (χ2n) is 4.61. The third-order valence-corrected chi connectivity index (χ3v) is 4.22. The number of carboxylic acid groups (broad SMARTS) is 2. The van der Waals surface area contributed by atoms with Gasteiger partial charge in [-0.2, -0.15) is 4.89 Å². The molecule has 0 aromatic heterocycles. The minimum Gasteiger partial charge on any atom is -0.481 e. The second-order valence-corrected chi connectivity index (χ2v) is 5.88. The number of aliphatic carboxylic acids is 2. The van der Waals surface area contributed by atoms with E-state index in [4.69, 9.17) is 10.2 Å². The molecular weight excluding hydrogens is 316 g/mol. The molecule has 1 rings (SSSR count). The normalized spacial score (nSPS) is 14.0. The Hall–Kier alpha value is -2.05. The zero-order valence-corrected chi connectivity index (χ0v) is 12.4. The van der Waals surface area contributed by atoms with E-state index in [9.17, 15) is 23.4 Å². The van der Waals surface area contributed by atoms with E-state index in [1.807, 2.05) is 0 Å². The lowest BCUT2D eigenvalue weighted by atomic mass is 9.99. The second kappa shape index (κ2) is 8.41. The number of anilines is 1. The van der Waals surface area contributed by atoms with Gasteiger partial charge in [0.1, 0.15) is 11.7 Å². The number of hydrogen-bond acceptors (Lipinski definition) is 4. The van der Waals surface area contributed by atoms with E-state index >= 15 is 0 Å². The van der Waals surface area contributed by atoms with Crippen LogP contribution in [0.2, 0.25) is 0 Å². The molecule has 0 aliphatic heterocycles. The van der Waals surface area contributed by atoms with Gasteiger partial charge in [-0.1, -0.05) is 12.1 Å². The fraction of sp³-hybridized carbons (Fsp3) is 0.385. The summed E-state index contributed by atoms with van der Waals surface area (Å²) in [5.74, 6) is -4.45. The first-order chi connectivity index (χ1) is 10.3. The molecule has 1 aromatic rings. The van der Waals surface area contributed by atoms with Crippen LogP contribution in [0.1, 0.15) is 12.8 Å². The van der Waals surface area contributed by atoms with Crippen LogP contribution in [0.15, 0.2) is 24.3 Å². The molecule has 0 spiro atoms. The smallest absolute Gasteiger partial charge is 0.481 e. The molecule has 0 fully saturated rings. The van der Waals surface area contributed by atoms with Gasteiger partial charge in [0.05, 0.1) is 12.2 Å². The van der Waals surface area contributed by atoms with Gasteiger partial charge in [-0.3, -0.25) is 9.59 Å². The zero-order valence-electron chi connectivity index (χ0n) is 11.5. The molecule has 0 saturated carbocycles. The Morgan fingerprint density at radius 2 is 1.91 bits per heavy atom. The summed E-state index contributed by atoms with van der Waals surface area (Å²) in [6.45, 7) is -0.261. The highest BCUT2D eigenvalue weighted by atomic mass is 31.1. The summed E-state index contributed by atoms with van der Waals surface area (Å²) in [4.78, 5) is 31.1. The van der Waals surface area contributed by atoms with Gasteiger partial charge in [0.25, 0.3) is 0 Å². The first-order valence-electron chi connectivity index (χ1n) is 6.41. The summed E-state index contributed by atoms with van der Waals surface area (Å²) in [6.07, 6.45) is -0.716. The van der Waals surface area contributed by atoms with Crippen LogP contribution in [0.25, 0.3) is 0 Å². The number of nitrogens with one attached hydrogen (secondary N) is 1. The monoisotopic (exact) mass is 332 g/mol. The number of carboxylic acids is 2. The van der Waals surface area contributed by atoms with Crippen molar-refractivity contribution in [3.05, 3.63) is 30.1 Å². The number of carbonyl (C=O) groups is 2. The van der Waals surface area contributed by atoms with E-state index in [0.29, 0.717) is 0 Å². The van der Waals surface area contributed by atoms with Crippen LogP contribution in [0, 0.1) is 11.7 Å². The molecule has 3 atom stereocenters. The highest BCUT2D eigenvalue weighted by Crippen LogP contribution is 2.32. The van der Waals surface area contributed by atoms with Gasteiger partial charge in [0.15, 0.2) is 0 Å². The van der Waals surface area contributed by atoms with Gasteiger partial charge < -0.3 is 15.5 Å². The van der Waals surface area contributed by atoms with Crippen LogP contribution in [-0.4, -0.2) is 39.2 Å². The Labute approximate surface area is 126 Å². The van der Waals surface area contributed by atoms with Gasteiger partial charge in [-0.15, -0.1) is 0 Å². The maximum atomic E-state index is 13.5. The molecule has 4 N–H and O–H groups in total. The minimum absolute atomic E-state index is 0.0757. The zero-order chi connectivity index (χ0) is 16.7. The third kappa shape index (κ3) is 5.38. The lowest BCUT2D eigenvalue weighted by Crippen LogP contribution is -2.32. The largest absolute Gasteiger partial charge is 0.511 e. The molecule has 9 heteroatoms. The molecular formula is C13H16FNO6P+. The van der Waals surface area contributed by atoms with Crippen molar-refractivity contribution >= 4 is 25.7 Å². The molecule has 0 radical (unpaired) electrons. The molecule has 0 saturated heterocycles. The predicted octanol–water partition coefficient (Wildman–Crippen LogP) is 1.91. The molecule has 0 aliphatic carbocycles. The summed E-state index contributed by atoms with van der Waals surface area (Å²) < 4.78 is 24.9. The van der Waals surface area contributed by atoms with Crippen molar-refractivity contribution in [2.45, 2.75) is 18.5 Å². The van der Waals surface area contributed by atoms with Crippen LogP contribution in [0.4, 0.5) is 10.1 Å². The highest BCUT2D eigenvalue weighted by Gasteiger charge is 2.42. The molecule has 3 unspecified atom stereocenters. The van der Waals surface area contributed by atoms with E-state index in [-0.39, 0.29) is 18.7 Å². The minimum atomic E-state index is -2.88. The molecule has 7 nitrogen and oxygen atoms in total. The van der Waals surface area contributed by atoms with Crippen molar-refractivity contribution in [1.82, 2.24) is 0 Å². The summed E-state index contributed by atoms with van der Waals surface area (Å²) in [6, 6.07) is 5.62. The Bertz CT molecular complexity index is 567. The molecule has 1 aromatic carbocycles. The summed E-state index contributed by atoms with van der Waals surface area (Å²) in [7, 11) is -2.88. The van der Waals surface area contributed by atoms with Crippen molar-refractivity contribution in [2.24, 2.45) is 5.92 Å². The Balaban J connectivity index is 2.82. The molecule has 22 heavy (non-hydrogen) atoms. The summed E-state index contributed by atoms with van der Waals surface area (Å²) in [5, 5.41) is 20.3. The average molecular weight is 332 g/mol. The van der Waals surface area contributed by atoms with Crippen LogP contribution >= 0.6 is 8.03 Å². The average Bonchev–Trinajstić information content (AvgIpc) is 2.42. The Kier molecular flexibility index (Phi) is 6.88. The molecule has 0 bridgehead atoms. The number of hydrogen-bond donors (Lipinski definition) is 4. The molecule has 0 heterocycles. The first-order valence-corrected chi connectivity index (χ1v) is 7.69. The van der Waals surface area contributed by atoms with E-state index in [1.54, 1.807) is 6.07 Å². The van der Waals surface area contributed by atoms with E-state index in [2.05, 4.69) is 5.32 Å². The van der Waals surface area contributed by atoms with Gasteiger partial charge in [0, 0.05) is 6.42 Å². The highest BCUT2D eigenvalue weighted by molar-refractivity contribution is 7.39. The lowest BCUT2D eigenvalue weighted by Gasteiger charge is -2.15. The number of rotatable bonds is 9. The van der Waals surface area contributed by atoms with Crippen LogP contribution in [-0.2, 0) is 14.2 Å². The summed E-state index contributed by atoms with van der Waals surface area (Å²) >= 11 is 0. The molecule has 0 amide bonds. The van der Waals surface area contributed by atoms with Gasteiger partial charge in [-0.05, 0) is 23.1 Å². The van der Waals surface area contributed by atoms with E-state index in [0.717, 1.165) is 0 Å². The Morgan fingerprint density at radius 3 is 2.41 bits per heavy atom. The van der Waals surface area contributed by atoms with Gasteiger partial charge in [-0.25, -0.2) is 4.39 Å². The summed E-state index contributed by atoms with van der Waals surface area (Å²) in [5.41, 5.74) is -1.15. The van der Waals surface area contributed by atoms with Crippen molar-refractivity contribution in [1.29, 1.82) is 0 Å². The third-order valence-electron chi connectivity index (χ3n) is 3.11. The van der Waals surface area contributed by atoms with Gasteiger partial charge >= 0.3 is 20.0 Å². The lowest BCUT2D eigenvalue weighted by molar-refractivity contribution is -0.142. The number of para-hydroxylation sites is 1. The van der Waals surface area contributed by atoms with Crippen molar-refractivity contribution in [3.8, 4) is 0 Å². The fourth-order valence-corrected chi connectivity index (χ4v) is 2.78. The molecule has 0 aliphatic rings. The van der Waals surface area contributed by atoms with E-state index in [1.165, 1.54) is 18.2 Å². The van der Waals surface area contributed by atoms with Crippen LogP contribution < -0.4 is 5.32 Å². The number of benzene rings is 1. The van der Waals surface area contributed by atoms with Gasteiger partial charge in [0.2, 0.25) is 5.66 Å². The SMILES string of the molecule is O=C(O)CCC(C(=O)O)C(CNc1ccccc1F)[P+](=O)O. The maximum Gasteiger partial charge on any atom is 0.511 e. The standard InChI is InChI=1S/C13H15FNO6P/c14-9-3-1-2-4-10(9)15-7-11(22(20)21)8(13(18)19)5-6-12(16)17/h1-4,8,11,15H,5-7H2,(H2-,16,17,18,19,20,21)/p+1. The van der Waals surface area contributed by atoms with Crippen LogP contribution in [0.5, 0.6) is 0 Å². The fourth-order valence-electron chi connectivity index (χ4n) is 1.95. The first kappa shape index (κ1) is 18.0. The van der Waals surface area contributed by atoms with Crippen molar-refractivity contribution < 1.29 is 33.7 Å². The van der Waals surface area contributed by atoms with Crippen LogP contribution in [0.3, 0.4) is 0 Å². The topological polar surface area (TPSA) is 124 Å². The Morgan fingerprint density at radius 1 is 1.27 bits per heavy atom. The maximum absolute atomic E-state index is 13.5. The number of halogens is 1. The van der Waals surface area contributed by atoms with Crippen molar-refractivity contribution in [2.75, 3.05) is 11.9 Å². The predicted molar refractivity (Wildman–Crippen MR) is 76.5 cm³/mol. The molecule has 120 valence electrons. The quantitative estimate of drug-likeness (QED) is 0.509. The van der Waals surface area contributed by atoms with Crippen molar-refractivity contribution in [3.63, 3.8) is 0 Å². The van der Waals surface area contributed by atoms with E-state index < -0.39 is 43.8 Å².